The molecule has 0 aliphatic rings. The molecule has 0 amide bonds. The summed E-state index contributed by atoms with van der Waals surface area (Å²) in [5.74, 6) is -0.875. The van der Waals surface area contributed by atoms with Gasteiger partial charge < -0.3 is 14.2 Å². The van der Waals surface area contributed by atoms with E-state index in [1.807, 2.05) is 0 Å². The van der Waals surface area contributed by atoms with Gasteiger partial charge in [0.2, 0.25) is 0 Å². The number of carbonyl (C=O) groups is 3. The lowest BCUT2D eigenvalue weighted by atomic mass is 10.1. The molecule has 0 saturated carbocycles. The molecule has 0 aromatic carbocycles. The van der Waals surface area contributed by atoms with E-state index in [4.69, 9.17) is 14.2 Å². The second-order valence-corrected chi connectivity index (χ2v) is 19.9. The molecule has 0 fully saturated rings. The topological polar surface area (TPSA) is 78.9 Å². The van der Waals surface area contributed by atoms with Gasteiger partial charge in [0.1, 0.15) is 13.2 Å². The van der Waals surface area contributed by atoms with Crippen molar-refractivity contribution in [1.82, 2.24) is 0 Å². The molecule has 67 heavy (non-hydrogen) atoms. The van der Waals surface area contributed by atoms with Crippen LogP contribution in [0.2, 0.25) is 0 Å². The molecule has 0 radical (unpaired) electrons. The van der Waals surface area contributed by atoms with Crippen molar-refractivity contribution in [3.63, 3.8) is 0 Å². The molecule has 0 spiro atoms. The highest BCUT2D eigenvalue weighted by Crippen LogP contribution is 2.16. The van der Waals surface area contributed by atoms with E-state index >= 15 is 0 Å². The summed E-state index contributed by atoms with van der Waals surface area (Å²) in [6.07, 6.45) is 67.0. The van der Waals surface area contributed by atoms with E-state index in [0.29, 0.717) is 19.3 Å². The fraction of sp³-hybridized carbons (Fsp3) is 0.852. The lowest BCUT2D eigenvalue weighted by molar-refractivity contribution is -0.167. The molecule has 0 aliphatic heterocycles. The third-order valence-electron chi connectivity index (χ3n) is 13.1. The van der Waals surface area contributed by atoms with Crippen molar-refractivity contribution < 1.29 is 28.6 Å². The summed E-state index contributed by atoms with van der Waals surface area (Å²) in [6.45, 7) is 6.64. The van der Waals surface area contributed by atoms with E-state index in [-0.39, 0.29) is 31.1 Å². The van der Waals surface area contributed by atoms with E-state index < -0.39 is 6.10 Å². The molecule has 6 nitrogen and oxygen atoms in total. The summed E-state index contributed by atoms with van der Waals surface area (Å²) < 4.78 is 16.9. The number of hydrogen-bond donors (Lipinski definition) is 0. The van der Waals surface area contributed by atoms with Gasteiger partial charge in [-0.3, -0.25) is 14.4 Å². The van der Waals surface area contributed by atoms with E-state index in [9.17, 15) is 14.4 Å². The lowest BCUT2D eigenvalue weighted by Gasteiger charge is -2.18. The Morgan fingerprint density at radius 1 is 0.284 bits per heavy atom. The molecular weight excluding hydrogens is 829 g/mol. The fourth-order valence-electron chi connectivity index (χ4n) is 8.60. The summed E-state index contributed by atoms with van der Waals surface area (Å²) in [5.41, 5.74) is 0. The third kappa shape index (κ3) is 54.4. The largest absolute Gasteiger partial charge is 0.462 e. The maximum atomic E-state index is 12.8. The molecule has 392 valence electrons. The summed E-state index contributed by atoms with van der Waals surface area (Å²) in [5, 5.41) is 0. The van der Waals surface area contributed by atoms with Gasteiger partial charge in [0, 0.05) is 19.3 Å². The van der Waals surface area contributed by atoms with Gasteiger partial charge in [0.05, 0.1) is 0 Å². The zero-order valence-corrected chi connectivity index (χ0v) is 44.9. The van der Waals surface area contributed by atoms with Crippen LogP contribution in [-0.4, -0.2) is 37.2 Å². The molecular formula is C61H112O6. The third-order valence-corrected chi connectivity index (χ3v) is 13.1. The second kappa shape index (κ2) is 56.2. The van der Waals surface area contributed by atoms with Crippen molar-refractivity contribution in [1.29, 1.82) is 0 Å². The van der Waals surface area contributed by atoms with E-state index in [2.05, 4.69) is 57.2 Å². The summed E-state index contributed by atoms with van der Waals surface area (Å²) in [4.78, 5) is 38.2. The number of unbranched alkanes of at least 4 members (excludes halogenated alkanes) is 37. The first kappa shape index (κ1) is 64.6. The van der Waals surface area contributed by atoms with Crippen LogP contribution in [0, 0.1) is 0 Å². The quantitative estimate of drug-likeness (QED) is 0.0262. The zero-order valence-electron chi connectivity index (χ0n) is 44.9. The normalized spacial score (nSPS) is 12.2. The maximum Gasteiger partial charge on any atom is 0.306 e. The number of carbonyl (C=O) groups excluding carboxylic acids is 3. The van der Waals surface area contributed by atoms with Gasteiger partial charge >= 0.3 is 17.9 Å². The highest BCUT2D eigenvalue weighted by atomic mass is 16.6. The minimum absolute atomic E-state index is 0.0756. The van der Waals surface area contributed by atoms with E-state index in [1.54, 1.807) is 0 Å². The number of allylic oxidation sites excluding steroid dienone is 6. The molecule has 0 N–H and O–H groups in total. The van der Waals surface area contributed by atoms with Crippen LogP contribution < -0.4 is 0 Å². The van der Waals surface area contributed by atoms with Gasteiger partial charge in [-0.25, -0.2) is 0 Å². The Labute approximate surface area is 416 Å². The number of hydrogen-bond acceptors (Lipinski definition) is 6. The first-order chi connectivity index (χ1) is 33.0. The Kier molecular flexibility index (Phi) is 54.2. The Balaban J connectivity index is 4.32. The maximum absolute atomic E-state index is 12.8. The Bertz CT molecular complexity index is 1130. The van der Waals surface area contributed by atoms with E-state index in [0.717, 1.165) is 64.2 Å². The summed E-state index contributed by atoms with van der Waals surface area (Å²) in [7, 11) is 0. The van der Waals surface area contributed by atoms with Gasteiger partial charge in [-0.2, -0.15) is 0 Å². The first-order valence-electron chi connectivity index (χ1n) is 29.5. The van der Waals surface area contributed by atoms with Gasteiger partial charge in [-0.15, -0.1) is 0 Å². The van der Waals surface area contributed by atoms with Gasteiger partial charge in [0.25, 0.3) is 0 Å². The molecule has 0 heterocycles. The monoisotopic (exact) mass is 941 g/mol. The molecule has 0 unspecified atom stereocenters. The average Bonchev–Trinajstić information content (AvgIpc) is 3.33. The number of rotatable bonds is 54. The first-order valence-corrected chi connectivity index (χ1v) is 29.5. The summed E-state index contributed by atoms with van der Waals surface area (Å²) in [6, 6.07) is 0. The van der Waals surface area contributed by atoms with Crippen LogP contribution in [0.15, 0.2) is 36.5 Å². The van der Waals surface area contributed by atoms with Crippen molar-refractivity contribution in [2.45, 2.75) is 322 Å². The highest BCUT2D eigenvalue weighted by Gasteiger charge is 2.19. The molecule has 6 heteroatoms. The van der Waals surface area contributed by atoms with Crippen molar-refractivity contribution in [2.24, 2.45) is 0 Å². The van der Waals surface area contributed by atoms with Crippen LogP contribution in [0.1, 0.15) is 316 Å². The Morgan fingerprint density at radius 3 is 0.761 bits per heavy atom. The molecule has 0 bridgehead atoms. The highest BCUT2D eigenvalue weighted by molar-refractivity contribution is 5.71. The average molecular weight is 942 g/mol. The lowest BCUT2D eigenvalue weighted by Crippen LogP contribution is -2.30. The van der Waals surface area contributed by atoms with Crippen molar-refractivity contribution >= 4 is 17.9 Å². The molecule has 1 atom stereocenters. The number of ether oxygens (including phenoxy) is 3. The van der Waals surface area contributed by atoms with Crippen LogP contribution in [-0.2, 0) is 28.6 Å². The van der Waals surface area contributed by atoms with Crippen LogP contribution >= 0.6 is 0 Å². The number of esters is 3. The van der Waals surface area contributed by atoms with Gasteiger partial charge in [-0.1, -0.05) is 237 Å². The molecule has 0 aliphatic carbocycles. The SMILES string of the molecule is CCCCCC/C=C\CCCCCCCC(=O)O[C@@H](COC(=O)CCCCCCCCC/C=C\CCCCCCCC)COC(=O)CCCCCCCCCCC/C=C\CCCCCCCC. The van der Waals surface area contributed by atoms with Crippen LogP contribution in [0.4, 0.5) is 0 Å². The zero-order chi connectivity index (χ0) is 48.6. The minimum atomic E-state index is -0.777. The smallest absolute Gasteiger partial charge is 0.306 e. The van der Waals surface area contributed by atoms with Gasteiger partial charge in [-0.05, 0) is 96.3 Å². The standard InChI is InChI=1S/C61H112O6/c1-4-7-10-13-16-19-22-25-27-29-30-32-34-37-39-42-45-48-51-54-60(63)66-57-58(67-61(64)55-52-49-46-43-40-35-24-21-18-15-12-9-6-3)56-65-59(62)53-50-47-44-41-38-36-33-31-28-26-23-20-17-14-11-8-5-2/h21,24-28,58H,4-20,22-23,29-57H2,1-3H3/b24-21-,27-25-,28-26-/t58-/m0/s1. The van der Waals surface area contributed by atoms with E-state index in [1.165, 1.54) is 212 Å². The predicted molar refractivity (Wildman–Crippen MR) is 289 cm³/mol. The van der Waals surface area contributed by atoms with Crippen molar-refractivity contribution in [3.05, 3.63) is 36.5 Å². The van der Waals surface area contributed by atoms with Crippen molar-refractivity contribution in [2.75, 3.05) is 13.2 Å². The van der Waals surface area contributed by atoms with Crippen LogP contribution in [0.5, 0.6) is 0 Å². The second-order valence-electron chi connectivity index (χ2n) is 19.9. The molecule has 0 rings (SSSR count). The fourth-order valence-corrected chi connectivity index (χ4v) is 8.60. The van der Waals surface area contributed by atoms with Gasteiger partial charge in [0.15, 0.2) is 6.10 Å². The summed E-state index contributed by atoms with van der Waals surface area (Å²) >= 11 is 0. The van der Waals surface area contributed by atoms with Crippen LogP contribution in [0.3, 0.4) is 0 Å². The molecule has 0 aromatic heterocycles. The molecule has 0 saturated heterocycles. The molecule has 0 aromatic rings. The minimum Gasteiger partial charge on any atom is -0.462 e. The van der Waals surface area contributed by atoms with Crippen LogP contribution in [0.25, 0.3) is 0 Å². The van der Waals surface area contributed by atoms with Crippen molar-refractivity contribution in [3.8, 4) is 0 Å². The Hall–Kier alpha value is -2.37. The predicted octanol–water partition coefficient (Wildman–Crippen LogP) is 19.7. The Morgan fingerprint density at radius 2 is 0.493 bits per heavy atom.